The Labute approximate surface area is 219 Å². The molecule has 0 aromatic heterocycles. The fourth-order valence-corrected chi connectivity index (χ4v) is 12.3. The van der Waals surface area contributed by atoms with Crippen LogP contribution >= 0.6 is 7.26 Å². The van der Waals surface area contributed by atoms with Crippen LogP contribution in [0.15, 0.2) is 120 Å². The molecular weight excluding hydrogens is 527 g/mol. The van der Waals surface area contributed by atoms with E-state index in [-0.39, 0.29) is 4.90 Å². The summed E-state index contributed by atoms with van der Waals surface area (Å²) >= 11 is 0. The predicted molar refractivity (Wildman–Crippen MR) is 150 cm³/mol. The van der Waals surface area contributed by atoms with Gasteiger partial charge in [-0.25, -0.2) is 8.42 Å². The van der Waals surface area contributed by atoms with Crippen LogP contribution in [0, 0.1) is 6.92 Å². The molecule has 1 atom stereocenters. The Morgan fingerprint density at radius 1 is 0.676 bits per heavy atom. The van der Waals surface area contributed by atoms with Gasteiger partial charge in [0.05, 0.1) is 4.90 Å². The third-order valence-corrected chi connectivity index (χ3v) is 14.1. The highest BCUT2D eigenvalue weighted by atomic mass is 32.2. The van der Waals surface area contributed by atoms with Gasteiger partial charge in [-0.15, -0.1) is 0 Å². The first-order valence-electron chi connectivity index (χ1n) is 11.6. The number of aryl methyl sites for hydroxylation is 1. The highest BCUT2D eigenvalue weighted by Crippen LogP contribution is 2.62. The fourth-order valence-electron chi connectivity index (χ4n) is 4.32. The van der Waals surface area contributed by atoms with Crippen LogP contribution in [0.2, 0.25) is 0 Å². The lowest BCUT2D eigenvalue weighted by atomic mass is 10.2. The number of benzene rings is 4. The second kappa shape index (κ2) is 12.1. The van der Waals surface area contributed by atoms with E-state index >= 15 is 0 Å². The second-order valence-electron chi connectivity index (χ2n) is 8.37. The van der Waals surface area contributed by atoms with E-state index in [0.717, 1.165) is 21.5 Å². The van der Waals surface area contributed by atoms with E-state index in [4.69, 9.17) is 0 Å². The topological polar surface area (TPSA) is 112 Å². The van der Waals surface area contributed by atoms with Crippen LogP contribution < -0.4 is 15.9 Å². The van der Waals surface area contributed by atoms with E-state index < -0.39 is 32.5 Å². The number of hydrogen-bond acceptors (Lipinski definition) is 5. The van der Waals surface area contributed by atoms with Crippen molar-refractivity contribution in [3.63, 3.8) is 0 Å². The summed E-state index contributed by atoms with van der Waals surface area (Å²) in [5.74, 6) is 0. The van der Waals surface area contributed by atoms with Crippen LogP contribution in [0.4, 0.5) is 0 Å². The molecule has 194 valence electrons. The smallest absolute Gasteiger partial charge is 0.304 e. The summed E-state index contributed by atoms with van der Waals surface area (Å²) < 4.78 is 66.4. The zero-order valence-electron chi connectivity index (χ0n) is 20.5. The van der Waals surface area contributed by atoms with Crippen molar-refractivity contribution >= 4 is 43.4 Å². The normalized spacial score (nSPS) is 12.8. The Bertz CT molecular complexity index is 1400. The first-order chi connectivity index (χ1) is 17.5. The molecule has 0 radical (unpaired) electrons. The molecule has 0 spiro atoms. The first kappa shape index (κ1) is 28.7. The minimum Gasteiger partial charge on any atom is -0.744 e. The average Bonchev–Trinajstić information content (AvgIpc) is 2.88. The van der Waals surface area contributed by atoms with Gasteiger partial charge in [-0.3, -0.25) is 4.55 Å². The molecular formula is C28H29O6PS2. The number of rotatable bonds is 7. The van der Waals surface area contributed by atoms with Gasteiger partial charge in [0.2, 0.25) is 4.99 Å². The molecule has 0 fully saturated rings. The highest BCUT2D eigenvalue weighted by Gasteiger charge is 2.57. The molecule has 6 nitrogen and oxygen atoms in total. The minimum atomic E-state index is -4.27. The van der Waals surface area contributed by atoms with Crippen molar-refractivity contribution in [2.75, 3.05) is 0 Å². The summed E-state index contributed by atoms with van der Waals surface area (Å²) in [6.45, 7) is 3.64. The van der Waals surface area contributed by atoms with Gasteiger partial charge in [0.15, 0.2) is 0 Å². The van der Waals surface area contributed by atoms with Crippen LogP contribution in [0.5, 0.6) is 0 Å². The van der Waals surface area contributed by atoms with Gasteiger partial charge >= 0.3 is 10.1 Å². The van der Waals surface area contributed by atoms with Crippen molar-refractivity contribution in [3.05, 3.63) is 121 Å². The lowest BCUT2D eigenvalue weighted by Gasteiger charge is -2.32. The van der Waals surface area contributed by atoms with E-state index in [2.05, 4.69) is 0 Å². The fraction of sp³-hybridized carbons (Fsp3) is 0.143. The maximum Gasteiger partial charge on any atom is 0.304 e. The molecule has 4 aromatic rings. The molecule has 0 aliphatic carbocycles. The Balaban J connectivity index is 0.000000289. The van der Waals surface area contributed by atoms with Gasteiger partial charge in [-0.05, 0) is 61.9 Å². The third kappa shape index (κ3) is 6.72. The lowest BCUT2D eigenvalue weighted by Crippen LogP contribution is -2.42. The molecule has 0 aliphatic rings. The summed E-state index contributed by atoms with van der Waals surface area (Å²) in [6.07, 6.45) is 0.325. The Kier molecular flexibility index (Phi) is 9.40. The van der Waals surface area contributed by atoms with Gasteiger partial charge in [-0.2, -0.15) is 8.42 Å². The predicted octanol–water partition coefficient (Wildman–Crippen LogP) is 4.50. The van der Waals surface area contributed by atoms with E-state index in [9.17, 15) is 25.9 Å². The summed E-state index contributed by atoms with van der Waals surface area (Å²) in [5.41, 5.74) is 0.928. The van der Waals surface area contributed by atoms with Crippen molar-refractivity contribution < 1.29 is 25.9 Å². The van der Waals surface area contributed by atoms with Crippen LogP contribution in [0.3, 0.4) is 0 Å². The summed E-state index contributed by atoms with van der Waals surface area (Å²) in [4.78, 5) is -1.08. The van der Waals surface area contributed by atoms with E-state index in [1.165, 1.54) is 12.1 Å². The van der Waals surface area contributed by atoms with Gasteiger partial charge in [0.25, 0.3) is 0 Å². The molecule has 0 bridgehead atoms. The Morgan fingerprint density at radius 3 is 1.30 bits per heavy atom. The van der Waals surface area contributed by atoms with Crippen molar-refractivity contribution in [1.29, 1.82) is 0 Å². The molecule has 0 aliphatic heterocycles. The second-order valence-corrected chi connectivity index (χ2v) is 15.3. The van der Waals surface area contributed by atoms with Crippen LogP contribution in [0.1, 0.15) is 18.9 Å². The summed E-state index contributed by atoms with van der Waals surface area (Å²) in [5, 5.41) is 2.84. The van der Waals surface area contributed by atoms with Gasteiger partial charge < -0.3 is 4.55 Å². The van der Waals surface area contributed by atoms with Crippen LogP contribution in [0.25, 0.3) is 0 Å². The molecule has 0 amide bonds. The lowest BCUT2D eigenvalue weighted by molar-refractivity contribution is 0.462. The molecule has 9 heteroatoms. The summed E-state index contributed by atoms with van der Waals surface area (Å²) in [7, 11) is -11.2. The van der Waals surface area contributed by atoms with Crippen molar-refractivity contribution in [3.8, 4) is 0 Å². The molecule has 4 aromatic carbocycles. The van der Waals surface area contributed by atoms with Crippen LogP contribution in [-0.4, -0.2) is 30.9 Å². The maximum absolute atomic E-state index is 12.5. The molecule has 37 heavy (non-hydrogen) atoms. The average molecular weight is 557 g/mol. The zero-order valence-corrected chi connectivity index (χ0v) is 23.0. The van der Waals surface area contributed by atoms with E-state index in [0.29, 0.717) is 6.42 Å². The molecule has 0 saturated carbocycles. The quantitative estimate of drug-likeness (QED) is 0.265. The monoisotopic (exact) mass is 556 g/mol. The Hall–Kier alpha value is -2.87. The van der Waals surface area contributed by atoms with Gasteiger partial charge in [-0.1, -0.05) is 79.2 Å². The Morgan fingerprint density at radius 2 is 1.03 bits per heavy atom. The van der Waals surface area contributed by atoms with Crippen LogP contribution in [-0.2, 0) is 20.2 Å². The molecule has 4 rings (SSSR count). The van der Waals surface area contributed by atoms with Gasteiger partial charge in [0.1, 0.15) is 33.3 Å². The molecule has 1 N–H and O–H groups in total. The first-order valence-corrected chi connectivity index (χ1v) is 16.3. The van der Waals surface area contributed by atoms with Crippen molar-refractivity contribution in [2.45, 2.75) is 30.2 Å². The molecule has 0 heterocycles. The van der Waals surface area contributed by atoms with E-state index in [1.807, 2.05) is 105 Å². The summed E-state index contributed by atoms with van der Waals surface area (Å²) in [6, 6.07) is 34.9. The van der Waals surface area contributed by atoms with Crippen molar-refractivity contribution in [1.82, 2.24) is 0 Å². The zero-order chi connectivity index (χ0) is 27.1. The highest BCUT2D eigenvalue weighted by molar-refractivity contribution is 8.08. The SMILES string of the molecule is CCC([P+](c1ccccc1)(c1ccccc1)c1ccccc1)S(=O)(=O)O.Cc1ccc(S(=O)(=O)[O-])cc1. The standard InChI is InChI=1S/C21H21O3PS.C7H8O3S/c1-2-21(26(22,23)24)25(18-12-6-3-7-13-18,19-14-8-4-9-15-19)20-16-10-5-11-17-20;1-6-2-4-7(5-3-6)11(8,9)10/h3-17,21H,2H2,1H3;2-5H,1H3,(H,8,9,10). The van der Waals surface area contributed by atoms with Gasteiger partial charge in [0, 0.05) is 0 Å². The molecule has 0 saturated heterocycles. The molecule has 1 unspecified atom stereocenters. The van der Waals surface area contributed by atoms with Crippen molar-refractivity contribution in [2.24, 2.45) is 0 Å². The van der Waals surface area contributed by atoms with E-state index in [1.54, 1.807) is 12.1 Å². The maximum atomic E-state index is 12.5. The number of hydrogen-bond donors (Lipinski definition) is 1. The largest absolute Gasteiger partial charge is 0.744 e. The minimum absolute atomic E-state index is 0.178. The third-order valence-electron chi connectivity index (χ3n) is 5.93.